The summed E-state index contributed by atoms with van der Waals surface area (Å²) in [6.07, 6.45) is 2.53. The van der Waals surface area contributed by atoms with E-state index in [1.54, 1.807) is 24.3 Å². The van der Waals surface area contributed by atoms with E-state index in [1.807, 2.05) is 6.07 Å². The average Bonchev–Trinajstić information content (AvgIpc) is 2.85. The summed E-state index contributed by atoms with van der Waals surface area (Å²) in [4.78, 5) is 3.84. The summed E-state index contributed by atoms with van der Waals surface area (Å²) in [6, 6.07) is 8.86. The molecule has 0 atom stereocenters. The summed E-state index contributed by atoms with van der Waals surface area (Å²) in [6.45, 7) is -2.65. The summed E-state index contributed by atoms with van der Waals surface area (Å²) < 4.78 is 26.0. The lowest BCUT2D eigenvalue weighted by atomic mass is 10.1. The number of benzene rings is 1. The summed E-state index contributed by atoms with van der Waals surface area (Å²) in [5, 5.41) is 12.1. The highest BCUT2D eigenvalue weighted by Crippen LogP contribution is 2.14. The van der Waals surface area contributed by atoms with Crippen molar-refractivity contribution in [3.8, 4) is 0 Å². The average molecular weight is 251 g/mol. The van der Waals surface area contributed by atoms with E-state index in [1.165, 1.54) is 12.4 Å². The van der Waals surface area contributed by atoms with E-state index in [9.17, 15) is 8.78 Å². The minimum atomic E-state index is -2.65. The second-order valence-electron chi connectivity index (χ2n) is 3.62. The first-order valence-electron chi connectivity index (χ1n) is 5.28. The largest absolute Gasteiger partial charge is 0.411 e. The molecule has 0 radical (unpaired) electrons. The second-order valence-corrected chi connectivity index (χ2v) is 3.62. The lowest BCUT2D eigenvalue weighted by molar-refractivity contribution is 0.0676. The zero-order valence-corrected chi connectivity index (χ0v) is 9.37. The summed E-state index contributed by atoms with van der Waals surface area (Å²) >= 11 is 0. The first-order valence-corrected chi connectivity index (χ1v) is 5.28. The van der Waals surface area contributed by atoms with Crippen molar-refractivity contribution in [2.24, 2.45) is 5.16 Å². The van der Waals surface area contributed by atoms with Crippen LogP contribution in [0, 0.1) is 0 Å². The molecule has 0 spiro atoms. The molecule has 4 nitrogen and oxygen atoms in total. The molecule has 0 aliphatic rings. The highest BCUT2D eigenvalue weighted by atomic mass is 19.3. The summed E-state index contributed by atoms with van der Waals surface area (Å²) in [7, 11) is 0. The SMILES string of the molecule is O/N=C(/Cc1nccn1C(F)F)c1ccccc1. The first kappa shape index (κ1) is 12.2. The number of aromatic nitrogens is 2. The Bertz CT molecular complexity index is 537. The van der Waals surface area contributed by atoms with Crippen LogP contribution in [-0.4, -0.2) is 20.5 Å². The molecule has 0 amide bonds. The zero-order valence-electron chi connectivity index (χ0n) is 9.37. The van der Waals surface area contributed by atoms with E-state index < -0.39 is 6.55 Å². The molecular formula is C12H11F2N3O. The fraction of sp³-hybridized carbons (Fsp3) is 0.167. The molecule has 6 heteroatoms. The summed E-state index contributed by atoms with van der Waals surface area (Å²) in [5.74, 6) is 0.154. The van der Waals surface area contributed by atoms with Crippen LogP contribution in [0.1, 0.15) is 17.9 Å². The molecule has 0 bridgehead atoms. The van der Waals surface area contributed by atoms with Crippen LogP contribution in [0.5, 0.6) is 0 Å². The quantitative estimate of drug-likeness (QED) is 0.516. The van der Waals surface area contributed by atoms with Gasteiger partial charge in [0.15, 0.2) is 0 Å². The highest BCUT2D eigenvalue weighted by Gasteiger charge is 2.14. The number of hydrogen-bond acceptors (Lipinski definition) is 3. The monoisotopic (exact) mass is 251 g/mol. The third-order valence-electron chi connectivity index (χ3n) is 2.51. The second kappa shape index (κ2) is 5.39. The maximum atomic E-state index is 12.6. The van der Waals surface area contributed by atoms with Crippen LogP contribution in [0.3, 0.4) is 0 Å². The van der Waals surface area contributed by atoms with E-state index in [2.05, 4.69) is 10.1 Å². The van der Waals surface area contributed by atoms with Gasteiger partial charge in [-0.3, -0.25) is 4.57 Å². The van der Waals surface area contributed by atoms with Crippen molar-refractivity contribution in [3.63, 3.8) is 0 Å². The molecule has 1 aromatic heterocycles. The predicted octanol–water partition coefficient (Wildman–Crippen LogP) is 2.70. The van der Waals surface area contributed by atoms with Gasteiger partial charge in [0.05, 0.1) is 12.1 Å². The van der Waals surface area contributed by atoms with Crippen LogP contribution < -0.4 is 0 Å². The van der Waals surface area contributed by atoms with E-state index >= 15 is 0 Å². The maximum Gasteiger partial charge on any atom is 0.319 e. The predicted molar refractivity (Wildman–Crippen MR) is 61.9 cm³/mol. The Kier molecular flexibility index (Phi) is 3.66. The Morgan fingerprint density at radius 3 is 2.67 bits per heavy atom. The van der Waals surface area contributed by atoms with Crippen LogP contribution in [0.4, 0.5) is 8.78 Å². The first-order chi connectivity index (χ1) is 8.72. The lowest BCUT2D eigenvalue weighted by Crippen LogP contribution is -2.11. The van der Waals surface area contributed by atoms with E-state index in [0.29, 0.717) is 11.3 Å². The molecule has 1 N–H and O–H groups in total. The molecule has 0 unspecified atom stereocenters. The number of alkyl halides is 2. The number of halogens is 2. The number of nitrogens with zero attached hydrogens (tertiary/aromatic N) is 3. The minimum absolute atomic E-state index is 0.0395. The topological polar surface area (TPSA) is 50.4 Å². The van der Waals surface area contributed by atoms with Crippen molar-refractivity contribution in [2.45, 2.75) is 13.0 Å². The van der Waals surface area contributed by atoms with Crippen molar-refractivity contribution in [1.82, 2.24) is 9.55 Å². The minimum Gasteiger partial charge on any atom is -0.411 e. The molecule has 94 valence electrons. The molecule has 0 fully saturated rings. The van der Waals surface area contributed by atoms with E-state index in [0.717, 1.165) is 4.57 Å². The van der Waals surface area contributed by atoms with Crippen molar-refractivity contribution < 1.29 is 14.0 Å². The van der Waals surface area contributed by atoms with Crippen LogP contribution in [0.25, 0.3) is 0 Å². The van der Waals surface area contributed by atoms with Gasteiger partial charge in [-0.05, 0) is 5.56 Å². The Hall–Kier alpha value is -2.24. The molecule has 2 rings (SSSR count). The molecule has 1 aromatic carbocycles. The van der Waals surface area contributed by atoms with Gasteiger partial charge in [-0.1, -0.05) is 35.5 Å². The van der Waals surface area contributed by atoms with Crippen molar-refractivity contribution in [2.75, 3.05) is 0 Å². The lowest BCUT2D eigenvalue weighted by Gasteiger charge is -2.07. The Labute approximate surface area is 102 Å². The van der Waals surface area contributed by atoms with Gasteiger partial charge in [-0.15, -0.1) is 0 Å². The maximum absolute atomic E-state index is 12.6. The van der Waals surface area contributed by atoms with Gasteiger partial charge in [-0.25, -0.2) is 4.98 Å². The van der Waals surface area contributed by atoms with Crippen molar-refractivity contribution >= 4 is 5.71 Å². The normalized spacial score (nSPS) is 12.1. The number of oxime groups is 1. The van der Waals surface area contributed by atoms with Crippen LogP contribution in [0.2, 0.25) is 0 Å². The molecular weight excluding hydrogens is 240 g/mol. The third-order valence-corrected chi connectivity index (χ3v) is 2.51. The van der Waals surface area contributed by atoms with Gasteiger partial charge >= 0.3 is 6.55 Å². The van der Waals surface area contributed by atoms with E-state index in [4.69, 9.17) is 5.21 Å². The van der Waals surface area contributed by atoms with Gasteiger partial charge in [0.25, 0.3) is 0 Å². The molecule has 1 heterocycles. The molecule has 0 saturated carbocycles. The fourth-order valence-corrected chi connectivity index (χ4v) is 1.63. The molecule has 0 aliphatic heterocycles. The van der Waals surface area contributed by atoms with Crippen LogP contribution in [0.15, 0.2) is 47.9 Å². The zero-order chi connectivity index (χ0) is 13.0. The smallest absolute Gasteiger partial charge is 0.319 e. The van der Waals surface area contributed by atoms with Gasteiger partial charge in [-0.2, -0.15) is 8.78 Å². The van der Waals surface area contributed by atoms with Gasteiger partial charge in [0.1, 0.15) is 5.82 Å². The molecule has 0 aliphatic carbocycles. The van der Waals surface area contributed by atoms with Crippen LogP contribution in [-0.2, 0) is 6.42 Å². The molecule has 0 saturated heterocycles. The Balaban J connectivity index is 2.25. The van der Waals surface area contributed by atoms with Crippen molar-refractivity contribution in [3.05, 3.63) is 54.1 Å². The molecule has 18 heavy (non-hydrogen) atoms. The Morgan fingerprint density at radius 2 is 2.06 bits per heavy atom. The summed E-state index contributed by atoms with van der Waals surface area (Å²) in [5.41, 5.74) is 0.965. The highest BCUT2D eigenvalue weighted by molar-refractivity contribution is 6.01. The standard InChI is InChI=1S/C12H11F2N3O/c13-12(14)17-7-6-15-11(17)8-10(16-18)9-4-2-1-3-5-9/h1-7,12,18H,8H2/b16-10-. The number of rotatable bonds is 4. The Morgan fingerprint density at radius 1 is 1.33 bits per heavy atom. The van der Waals surface area contributed by atoms with E-state index in [-0.39, 0.29) is 12.2 Å². The fourth-order valence-electron chi connectivity index (χ4n) is 1.63. The number of imidazole rings is 1. The van der Waals surface area contributed by atoms with Crippen LogP contribution >= 0.6 is 0 Å². The van der Waals surface area contributed by atoms with Crippen molar-refractivity contribution in [1.29, 1.82) is 0 Å². The number of hydrogen-bond donors (Lipinski definition) is 1. The molecule has 2 aromatic rings. The third kappa shape index (κ3) is 2.53. The van der Waals surface area contributed by atoms with Gasteiger partial charge in [0, 0.05) is 12.4 Å². The van der Waals surface area contributed by atoms with Gasteiger partial charge < -0.3 is 5.21 Å². The van der Waals surface area contributed by atoms with Gasteiger partial charge in [0.2, 0.25) is 0 Å².